The van der Waals surface area contributed by atoms with Crippen LogP contribution in [0.3, 0.4) is 0 Å². The summed E-state index contributed by atoms with van der Waals surface area (Å²) in [5.74, 6) is 0.720. The van der Waals surface area contributed by atoms with Gasteiger partial charge < -0.3 is 10.2 Å². The smallest absolute Gasteiger partial charge is 0.242 e. The monoisotopic (exact) mass is 492 g/mol. The van der Waals surface area contributed by atoms with E-state index in [4.69, 9.17) is 0 Å². The molecule has 1 amide bonds. The van der Waals surface area contributed by atoms with E-state index in [1.165, 1.54) is 51.2 Å². The van der Waals surface area contributed by atoms with E-state index < -0.39 is 15.3 Å². The maximum absolute atomic E-state index is 13.0. The first-order valence-electron chi connectivity index (χ1n) is 11.4. The van der Waals surface area contributed by atoms with Crippen LogP contribution < -0.4 is 10.2 Å². The van der Waals surface area contributed by atoms with Crippen LogP contribution >= 0.6 is 11.8 Å². The lowest BCUT2D eigenvalue weighted by Crippen LogP contribution is -2.32. The third kappa shape index (κ3) is 5.20. The van der Waals surface area contributed by atoms with Gasteiger partial charge in [-0.05, 0) is 63.6 Å². The first kappa shape index (κ1) is 24.0. The molecule has 9 nitrogen and oxygen atoms in total. The number of hydrogen-bond donors (Lipinski definition) is 1. The number of sulfonamides is 1. The highest BCUT2D eigenvalue weighted by molar-refractivity contribution is 8.00. The van der Waals surface area contributed by atoms with Crippen LogP contribution in [0.1, 0.15) is 50.6 Å². The summed E-state index contributed by atoms with van der Waals surface area (Å²) >= 11 is 1.40. The van der Waals surface area contributed by atoms with Gasteiger partial charge in [-0.1, -0.05) is 17.8 Å². The molecule has 4 rings (SSSR count). The van der Waals surface area contributed by atoms with Crippen LogP contribution in [0.25, 0.3) is 0 Å². The number of amides is 1. The second-order valence-electron chi connectivity index (χ2n) is 8.94. The van der Waals surface area contributed by atoms with Crippen molar-refractivity contribution >= 4 is 39.3 Å². The Balaban J connectivity index is 1.49. The molecule has 1 aliphatic carbocycles. The van der Waals surface area contributed by atoms with Gasteiger partial charge in [0.05, 0.1) is 10.1 Å². The highest BCUT2D eigenvalue weighted by Gasteiger charge is 2.33. The minimum absolute atomic E-state index is 0.147. The lowest BCUT2D eigenvalue weighted by molar-refractivity contribution is -0.115. The Morgan fingerprint density at radius 1 is 1.18 bits per heavy atom. The maximum Gasteiger partial charge on any atom is 0.242 e. The number of carbonyl (C=O) groups is 1. The van der Waals surface area contributed by atoms with Crippen molar-refractivity contribution in [2.24, 2.45) is 0 Å². The third-order valence-electron chi connectivity index (χ3n) is 6.09. The van der Waals surface area contributed by atoms with E-state index in [9.17, 15) is 13.2 Å². The predicted octanol–water partition coefficient (Wildman–Crippen LogP) is 3.28. The van der Waals surface area contributed by atoms with Crippen molar-refractivity contribution in [1.29, 1.82) is 0 Å². The van der Waals surface area contributed by atoms with Crippen LogP contribution in [-0.2, 0) is 14.8 Å². The molecule has 1 aromatic heterocycles. The van der Waals surface area contributed by atoms with E-state index in [-0.39, 0.29) is 10.8 Å². The number of carbonyl (C=O) groups excluding carboxylic acids is 1. The number of thioether (sulfide) groups is 1. The Morgan fingerprint density at radius 3 is 2.52 bits per heavy atom. The zero-order valence-electron chi connectivity index (χ0n) is 19.6. The average Bonchev–Trinajstić information content (AvgIpc) is 3.55. The summed E-state index contributed by atoms with van der Waals surface area (Å²) < 4.78 is 28.3. The lowest BCUT2D eigenvalue weighted by atomic mass is 10.1. The number of hydrogen-bond acceptors (Lipinski definition) is 7. The molecule has 180 valence electrons. The molecule has 0 spiro atoms. The number of nitrogens with one attached hydrogen (secondary N) is 1. The van der Waals surface area contributed by atoms with Gasteiger partial charge in [-0.15, -0.1) is 10.2 Å². The van der Waals surface area contributed by atoms with Gasteiger partial charge in [0, 0.05) is 38.9 Å². The van der Waals surface area contributed by atoms with Crippen molar-refractivity contribution in [3.05, 3.63) is 23.8 Å². The van der Waals surface area contributed by atoms with Gasteiger partial charge >= 0.3 is 0 Å². The largest absolute Gasteiger partial charge is 0.341 e. The van der Waals surface area contributed by atoms with E-state index in [1.54, 1.807) is 12.1 Å². The fraction of sp³-hybridized carbons (Fsp3) is 0.591. The SMILES string of the molecule is Cc1ccc(S(=O)(=O)N(C)C)cc1NC(=O)C(C)Sc1nnc(N2CCCCC2)n1C1CC1. The summed E-state index contributed by atoms with van der Waals surface area (Å²) in [6, 6.07) is 5.18. The first-order chi connectivity index (χ1) is 15.7. The maximum atomic E-state index is 13.0. The Morgan fingerprint density at radius 2 is 1.88 bits per heavy atom. The van der Waals surface area contributed by atoms with Crippen molar-refractivity contribution < 1.29 is 13.2 Å². The van der Waals surface area contributed by atoms with Gasteiger partial charge in [0.25, 0.3) is 0 Å². The van der Waals surface area contributed by atoms with Gasteiger partial charge in [-0.2, -0.15) is 0 Å². The minimum Gasteiger partial charge on any atom is -0.341 e. The number of aryl methyl sites for hydroxylation is 1. The normalized spacial score (nSPS) is 17.9. The molecule has 1 saturated heterocycles. The van der Waals surface area contributed by atoms with Gasteiger partial charge in [-0.3, -0.25) is 9.36 Å². The number of nitrogens with zero attached hydrogens (tertiary/aromatic N) is 5. The molecule has 33 heavy (non-hydrogen) atoms. The number of rotatable bonds is 8. The number of piperidine rings is 1. The van der Waals surface area contributed by atoms with Crippen molar-refractivity contribution in [2.75, 3.05) is 37.4 Å². The molecule has 0 bridgehead atoms. The van der Waals surface area contributed by atoms with Crippen LogP contribution in [-0.4, -0.2) is 65.8 Å². The quantitative estimate of drug-likeness (QED) is 0.565. The standard InChI is InChI=1S/C22H32N6O3S2/c1-15-8-11-18(33(30,31)26(3)4)14-19(15)23-20(29)16(2)32-22-25-24-21(28(22)17-9-10-17)27-12-6-5-7-13-27/h8,11,14,16-17H,5-7,9-10,12-13H2,1-4H3,(H,23,29). The summed E-state index contributed by atoms with van der Waals surface area (Å²) in [4.78, 5) is 15.5. The second-order valence-corrected chi connectivity index (χ2v) is 12.4. The molecular formula is C22H32N6O3S2. The molecule has 11 heteroatoms. The van der Waals surface area contributed by atoms with Gasteiger partial charge in [-0.25, -0.2) is 12.7 Å². The lowest BCUT2D eigenvalue weighted by Gasteiger charge is -2.28. The zero-order valence-corrected chi connectivity index (χ0v) is 21.2. The van der Waals surface area contributed by atoms with Crippen LogP contribution in [0.5, 0.6) is 0 Å². The Kier molecular flexibility index (Phi) is 7.01. The fourth-order valence-electron chi connectivity index (χ4n) is 3.86. The van der Waals surface area contributed by atoms with Crippen molar-refractivity contribution in [3.63, 3.8) is 0 Å². The minimum atomic E-state index is -3.59. The van der Waals surface area contributed by atoms with E-state index in [2.05, 4.69) is 25.0 Å². The first-order valence-corrected chi connectivity index (χ1v) is 13.7. The molecule has 2 fully saturated rings. The van der Waals surface area contributed by atoms with Gasteiger partial charge in [0.15, 0.2) is 5.16 Å². The highest BCUT2D eigenvalue weighted by Crippen LogP contribution is 2.42. The molecule has 1 atom stereocenters. The summed E-state index contributed by atoms with van der Waals surface area (Å²) in [7, 11) is -0.614. The van der Waals surface area contributed by atoms with Crippen LogP contribution in [0.2, 0.25) is 0 Å². The van der Waals surface area contributed by atoms with E-state index in [0.717, 1.165) is 46.9 Å². The Labute approximate surface area is 200 Å². The van der Waals surface area contributed by atoms with Crippen molar-refractivity contribution in [3.8, 4) is 0 Å². The molecule has 2 aliphatic rings. The summed E-state index contributed by atoms with van der Waals surface area (Å²) in [5, 5.41) is 12.2. The van der Waals surface area contributed by atoms with Crippen molar-refractivity contribution in [2.45, 2.75) is 67.3 Å². The summed E-state index contributed by atoms with van der Waals surface area (Å²) in [6.07, 6.45) is 5.81. The van der Waals surface area contributed by atoms with Crippen LogP contribution in [0, 0.1) is 6.92 Å². The average molecular weight is 493 g/mol. The number of anilines is 2. The summed E-state index contributed by atoms with van der Waals surface area (Å²) in [6.45, 7) is 5.67. The van der Waals surface area contributed by atoms with Gasteiger partial charge in [0.2, 0.25) is 21.9 Å². The summed E-state index contributed by atoms with van der Waals surface area (Å²) in [5.41, 5.74) is 1.29. The Bertz CT molecular complexity index is 1120. The topological polar surface area (TPSA) is 100 Å². The molecule has 2 heterocycles. The molecule has 2 aromatic rings. The van der Waals surface area contributed by atoms with E-state index >= 15 is 0 Å². The van der Waals surface area contributed by atoms with Crippen LogP contribution in [0.15, 0.2) is 28.3 Å². The van der Waals surface area contributed by atoms with Crippen LogP contribution in [0.4, 0.5) is 11.6 Å². The molecule has 1 aromatic carbocycles. The fourth-order valence-corrected chi connectivity index (χ4v) is 5.71. The third-order valence-corrected chi connectivity index (χ3v) is 8.96. The molecule has 1 N–H and O–H groups in total. The van der Waals surface area contributed by atoms with Crippen molar-refractivity contribution in [1.82, 2.24) is 19.1 Å². The number of aromatic nitrogens is 3. The van der Waals surface area contributed by atoms with E-state index in [0.29, 0.717) is 11.7 Å². The Hall–Kier alpha value is -2.11. The molecule has 1 saturated carbocycles. The second kappa shape index (κ2) is 9.63. The number of benzene rings is 1. The zero-order chi connectivity index (χ0) is 23.8. The van der Waals surface area contributed by atoms with E-state index in [1.807, 2.05) is 13.8 Å². The molecule has 1 aliphatic heterocycles. The molecule has 0 radical (unpaired) electrons. The highest BCUT2D eigenvalue weighted by atomic mass is 32.2. The molecule has 1 unspecified atom stereocenters. The van der Waals surface area contributed by atoms with Gasteiger partial charge in [0.1, 0.15) is 0 Å². The predicted molar refractivity (Wildman–Crippen MR) is 130 cm³/mol. The molecular weight excluding hydrogens is 460 g/mol.